The molecule has 0 radical (unpaired) electrons. The summed E-state index contributed by atoms with van der Waals surface area (Å²) < 4.78 is 13.7. The van der Waals surface area contributed by atoms with E-state index in [2.05, 4.69) is 47.9 Å². The van der Waals surface area contributed by atoms with Crippen molar-refractivity contribution in [2.24, 2.45) is 11.8 Å². The molecule has 3 nitrogen and oxygen atoms in total. The van der Waals surface area contributed by atoms with Gasteiger partial charge in [0, 0.05) is 6.42 Å². The summed E-state index contributed by atoms with van der Waals surface area (Å²) in [5, 5.41) is 0. The number of aromatic amines is 1. The SMILES string of the molecule is CC(C)[C@@H]1c2ccc(F)cc2CC[C@H]1CCN(C)CCCc1nc2ccccc2[nH]1. The monoisotopic (exact) mass is 407 g/mol. The first kappa shape index (κ1) is 21.0. The second-order valence-electron chi connectivity index (χ2n) is 9.31. The van der Waals surface area contributed by atoms with E-state index in [0.29, 0.717) is 17.8 Å². The molecule has 0 bridgehead atoms. The predicted molar refractivity (Wildman–Crippen MR) is 122 cm³/mol. The number of aromatic nitrogens is 2. The molecule has 160 valence electrons. The topological polar surface area (TPSA) is 31.9 Å². The maximum Gasteiger partial charge on any atom is 0.123 e. The Balaban J connectivity index is 1.28. The van der Waals surface area contributed by atoms with Gasteiger partial charge in [-0.05, 0) is 99.0 Å². The van der Waals surface area contributed by atoms with Crippen LogP contribution in [0.15, 0.2) is 42.5 Å². The number of hydrogen-bond acceptors (Lipinski definition) is 2. The molecule has 3 aromatic rings. The smallest absolute Gasteiger partial charge is 0.123 e. The van der Waals surface area contributed by atoms with Gasteiger partial charge in [0.15, 0.2) is 0 Å². The van der Waals surface area contributed by atoms with E-state index in [1.54, 1.807) is 12.1 Å². The molecule has 1 aromatic heterocycles. The van der Waals surface area contributed by atoms with Gasteiger partial charge in [0.05, 0.1) is 11.0 Å². The van der Waals surface area contributed by atoms with E-state index in [1.807, 2.05) is 18.2 Å². The molecule has 2 atom stereocenters. The summed E-state index contributed by atoms with van der Waals surface area (Å²) in [6.45, 7) is 6.82. The zero-order valence-corrected chi connectivity index (χ0v) is 18.5. The third kappa shape index (κ3) is 4.75. The van der Waals surface area contributed by atoms with Crippen LogP contribution in [0.5, 0.6) is 0 Å². The third-order valence-electron chi connectivity index (χ3n) is 6.75. The van der Waals surface area contributed by atoms with Gasteiger partial charge in [-0.15, -0.1) is 0 Å². The summed E-state index contributed by atoms with van der Waals surface area (Å²) in [6, 6.07) is 13.7. The van der Waals surface area contributed by atoms with E-state index in [0.717, 1.165) is 49.2 Å². The zero-order valence-electron chi connectivity index (χ0n) is 18.5. The number of halogens is 1. The molecule has 0 saturated carbocycles. The van der Waals surface area contributed by atoms with Crippen LogP contribution in [0.4, 0.5) is 4.39 Å². The maximum atomic E-state index is 13.7. The summed E-state index contributed by atoms with van der Waals surface area (Å²) >= 11 is 0. The van der Waals surface area contributed by atoms with Crippen LogP contribution in [-0.4, -0.2) is 35.0 Å². The lowest BCUT2D eigenvalue weighted by atomic mass is 9.69. The molecule has 1 N–H and O–H groups in total. The Morgan fingerprint density at radius 3 is 2.80 bits per heavy atom. The van der Waals surface area contributed by atoms with Crippen molar-refractivity contribution >= 4 is 11.0 Å². The average Bonchev–Trinajstić information content (AvgIpc) is 3.14. The van der Waals surface area contributed by atoms with Gasteiger partial charge in [0.1, 0.15) is 11.6 Å². The van der Waals surface area contributed by atoms with E-state index in [1.165, 1.54) is 24.0 Å². The number of imidazole rings is 1. The molecule has 30 heavy (non-hydrogen) atoms. The van der Waals surface area contributed by atoms with Crippen molar-refractivity contribution in [1.82, 2.24) is 14.9 Å². The minimum atomic E-state index is -0.0982. The second kappa shape index (κ2) is 9.30. The summed E-state index contributed by atoms with van der Waals surface area (Å²) in [7, 11) is 2.23. The molecular weight excluding hydrogens is 373 g/mol. The Hall–Kier alpha value is -2.20. The first-order chi connectivity index (χ1) is 14.5. The molecule has 0 saturated heterocycles. The van der Waals surface area contributed by atoms with Crippen LogP contribution in [0.3, 0.4) is 0 Å². The van der Waals surface area contributed by atoms with Crippen LogP contribution in [0.2, 0.25) is 0 Å². The molecule has 0 fully saturated rings. The van der Waals surface area contributed by atoms with Crippen LogP contribution >= 0.6 is 0 Å². The highest BCUT2D eigenvalue weighted by molar-refractivity contribution is 5.74. The summed E-state index contributed by atoms with van der Waals surface area (Å²) in [4.78, 5) is 10.6. The molecule has 0 spiro atoms. The molecule has 0 amide bonds. The Morgan fingerprint density at radius 1 is 1.17 bits per heavy atom. The van der Waals surface area contributed by atoms with Crippen molar-refractivity contribution in [2.75, 3.05) is 20.1 Å². The highest BCUT2D eigenvalue weighted by Crippen LogP contribution is 2.42. The van der Waals surface area contributed by atoms with E-state index in [9.17, 15) is 4.39 Å². The Labute approximate surface area is 179 Å². The van der Waals surface area contributed by atoms with E-state index in [4.69, 9.17) is 0 Å². The van der Waals surface area contributed by atoms with Gasteiger partial charge in [-0.25, -0.2) is 9.37 Å². The van der Waals surface area contributed by atoms with Crippen LogP contribution in [0, 0.1) is 17.7 Å². The zero-order chi connectivity index (χ0) is 21.1. The Bertz CT molecular complexity index is 944. The van der Waals surface area contributed by atoms with Crippen molar-refractivity contribution in [2.45, 2.75) is 51.9 Å². The first-order valence-electron chi connectivity index (χ1n) is 11.4. The van der Waals surface area contributed by atoms with Crippen LogP contribution in [0.1, 0.15) is 56.0 Å². The molecule has 0 unspecified atom stereocenters. The molecular formula is C26H34FN3. The normalized spacial score (nSPS) is 19.0. The Kier molecular flexibility index (Phi) is 6.52. The Morgan fingerprint density at radius 2 is 2.00 bits per heavy atom. The number of hydrogen-bond donors (Lipinski definition) is 1. The lowest BCUT2D eigenvalue weighted by molar-refractivity contribution is 0.238. The van der Waals surface area contributed by atoms with Crippen molar-refractivity contribution in [3.63, 3.8) is 0 Å². The van der Waals surface area contributed by atoms with Gasteiger partial charge in [0.2, 0.25) is 0 Å². The number of nitrogens with zero attached hydrogens (tertiary/aromatic N) is 2. The number of H-pyrrole nitrogens is 1. The van der Waals surface area contributed by atoms with E-state index >= 15 is 0 Å². The van der Waals surface area contributed by atoms with Gasteiger partial charge >= 0.3 is 0 Å². The van der Waals surface area contributed by atoms with Gasteiger partial charge in [0.25, 0.3) is 0 Å². The lowest BCUT2D eigenvalue weighted by Gasteiger charge is -2.37. The predicted octanol–water partition coefficient (Wildman–Crippen LogP) is 5.96. The molecule has 1 heterocycles. The number of benzene rings is 2. The summed E-state index contributed by atoms with van der Waals surface area (Å²) in [5.41, 5.74) is 4.79. The van der Waals surface area contributed by atoms with Crippen molar-refractivity contribution < 1.29 is 4.39 Å². The fourth-order valence-electron chi connectivity index (χ4n) is 5.26. The number of nitrogens with one attached hydrogen (secondary N) is 1. The van der Waals surface area contributed by atoms with Crippen LogP contribution in [0.25, 0.3) is 11.0 Å². The van der Waals surface area contributed by atoms with E-state index in [-0.39, 0.29) is 5.82 Å². The third-order valence-corrected chi connectivity index (χ3v) is 6.75. The fraction of sp³-hybridized carbons (Fsp3) is 0.500. The highest BCUT2D eigenvalue weighted by Gasteiger charge is 2.31. The standard InChI is InChI=1S/C26H34FN3/c1-18(2)26-19(10-11-20-17-21(27)12-13-22(20)26)14-16-30(3)15-6-9-25-28-23-7-4-5-8-24(23)29-25/h4-5,7-8,12-13,17-19,26H,6,9-11,14-16H2,1-3H3,(H,28,29)/t19-,26-/m0/s1. The average molecular weight is 408 g/mol. The van der Waals surface area contributed by atoms with Gasteiger partial charge < -0.3 is 9.88 Å². The molecule has 0 aliphatic heterocycles. The van der Waals surface area contributed by atoms with Crippen LogP contribution < -0.4 is 0 Å². The number of rotatable bonds is 8. The van der Waals surface area contributed by atoms with Crippen molar-refractivity contribution in [3.05, 3.63) is 65.2 Å². The first-order valence-corrected chi connectivity index (χ1v) is 11.4. The van der Waals surface area contributed by atoms with Gasteiger partial charge in [-0.3, -0.25) is 0 Å². The minimum Gasteiger partial charge on any atom is -0.342 e. The van der Waals surface area contributed by atoms with Crippen LogP contribution in [-0.2, 0) is 12.8 Å². The van der Waals surface area contributed by atoms with Gasteiger partial charge in [-0.1, -0.05) is 32.0 Å². The minimum absolute atomic E-state index is 0.0982. The number of fused-ring (bicyclic) bond motifs is 2. The molecule has 1 aliphatic rings. The molecule has 4 heteroatoms. The number of para-hydroxylation sites is 2. The molecule has 4 rings (SSSR count). The van der Waals surface area contributed by atoms with E-state index < -0.39 is 0 Å². The summed E-state index contributed by atoms with van der Waals surface area (Å²) in [5.74, 6) is 2.79. The maximum absolute atomic E-state index is 13.7. The van der Waals surface area contributed by atoms with Crippen molar-refractivity contribution in [1.29, 1.82) is 0 Å². The lowest BCUT2D eigenvalue weighted by Crippen LogP contribution is -2.29. The second-order valence-corrected chi connectivity index (χ2v) is 9.31. The van der Waals surface area contributed by atoms with Gasteiger partial charge in [-0.2, -0.15) is 0 Å². The molecule has 1 aliphatic carbocycles. The molecule has 2 aromatic carbocycles. The fourth-order valence-corrected chi connectivity index (χ4v) is 5.26. The summed E-state index contributed by atoms with van der Waals surface area (Å²) in [6.07, 6.45) is 5.48. The number of aryl methyl sites for hydroxylation is 2. The highest BCUT2D eigenvalue weighted by atomic mass is 19.1. The van der Waals surface area contributed by atoms with Crippen molar-refractivity contribution in [3.8, 4) is 0 Å². The largest absolute Gasteiger partial charge is 0.342 e. The quantitative estimate of drug-likeness (QED) is 0.500.